The van der Waals surface area contributed by atoms with Gasteiger partial charge in [-0.05, 0) is 59.2 Å². The van der Waals surface area contributed by atoms with Gasteiger partial charge in [0.05, 0.1) is 0 Å². The molecular weight excluding hydrogens is 344 g/mol. The molecule has 1 aromatic rings. The number of nitrogens with one attached hydrogen (secondary N) is 2. The molecule has 0 aliphatic carbocycles. The van der Waals surface area contributed by atoms with Crippen molar-refractivity contribution in [2.75, 3.05) is 6.54 Å². The molecule has 0 aliphatic heterocycles. The lowest BCUT2D eigenvalue weighted by Crippen LogP contribution is -2.39. The van der Waals surface area contributed by atoms with E-state index in [0.29, 0.717) is 0 Å². The molecule has 0 aliphatic rings. The van der Waals surface area contributed by atoms with Gasteiger partial charge in [-0.2, -0.15) is 0 Å². The Morgan fingerprint density at radius 2 is 1.91 bits per heavy atom. The van der Waals surface area contributed by atoms with E-state index < -0.39 is 5.60 Å². The topological polar surface area (TPSA) is 50.4 Å². The maximum absolute atomic E-state index is 11.7. The first-order chi connectivity index (χ1) is 10.2. The van der Waals surface area contributed by atoms with Crippen LogP contribution in [0.3, 0.4) is 0 Å². The normalized spacial score (nSPS) is 14.3. The van der Waals surface area contributed by atoms with E-state index in [9.17, 15) is 4.79 Å². The van der Waals surface area contributed by atoms with Crippen molar-refractivity contribution < 1.29 is 9.53 Å². The Morgan fingerprint density at radius 3 is 2.50 bits per heavy atom. The van der Waals surface area contributed by atoms with Crippen LogP contribution >= 0.6 is 15.9 Å². The van der Waals surface area contributed by atoms with Crippen LogP contribution < -0.4 is 10.6 Å². The number of rotatable bonds is 6. The van der Waals surface area contributed by atoms with Crippen molar-refractivity contribution >= 4 is 22.0 Å². The van der Waals surface area contributed by atoms with E-state index in [-0.39, 0.29) is 18.2 Å². The highest BCUT2D eigenvalue weighted by atomic mass is 79.9. The van der Waals surface area contributed by atoms with Crippen molar-refractivity contribution in [2.45, 2.75) is 58.7 Å². The summed E-state index contributed by atoms with van der Waals surface area (Å²) in [5.41, 5.74) is 0.770. The predicted octanol–water partition coefficient (Wildman–Crippen LogP) is 4.40. The van der Waals surface area contributed by atoms with Crippen molar-refractivity contribution in [3.63, 3.8) is 0 Å². The van der Waals surface area contributed by atoms with Gasteiger partial charge in [-0.15, -0.1) is 0 Å². The molecule has 0 fully saturated rings. The average molecular weight is 371 g/mol. The molecular formula is C17H27BrN2O2. The summed E-state index contributed by atoms with van der Waals surface area (Å²) in [5.74, 6) is 0. The molecule has 0 aromatic heterocycles. The van der Waals surface area contributed by atoms with E-state index in [2.05, 4.69) is 39.6 Å². The number of alkyl carbamates (subject to hydrolysis) is 1. The van der Waals surface area contributed by atoms with Crippen molar-refractivity contribution in [2.24, 2.45) is 0 Å². The van der Waals surface area contributed by atoms with Crippen LogP contribution in [0.5, 0.6) is 0 Å². The summed E-state index contributed by atoms with van der Waals surface area (Å²) in [6.45, 7) is 10.5. The van der Waals surface area contributed by atoms with Crippen LogP contribution in [0, 0.1) is 0 Å². The number of carbonyl (C=O) groups is 1. The summed E-state index contributed by atoms with van der Waals surface area (Å²) in [6.07, 6.45) is 0.479. The summed E-state index contributed by atoms with van der Waals surface area (Å²) in [5, 5.41) is 6.32. The number of hydrogen-bond donors (Lipinski definition) is 2. The third-order valence-electron chi connectivity index (χ3n) is 3.16. The summed E-state index contributed by atoms with van der Waals surface area (Å²) in [4.78, 5) is 11.7. The number of halogens is 1. The molecule has 0 radical (unpaired) electrons. The molecule has 1 aromatic carbocycles. The zero-order valence-electron chi connectivity index (χ0n) is 14.1. The lowest BCUT2D eigenvalue weighted by molar-refractivity contribution is 0.0506. The molecule has 0 bridgehead atoms. The van der Waals surface area contributed by atoms with Gasteiger partial charge in [-0.25, -0.2) is 4.79 Å². The highest BCUT2D eigenvalue weighted by molar-refractivity contribution is 9.10. The van der Waals surface area contributed by atoms with Gasteiger partial charge in [0, 0.05) is 16.6 Å². The monoisotopic (exact) mass is 370 g/mol. The molecule has 0 spiro atoms. The Balaban J connectivity index is 2.32. The number of benzene rings is 1. The SMILES string of the molecule is CC(CCNC(C)c1ccccc1Br)NC(=O)OC(C)(C)C. The zero-order chi connectivity index (χ0) is 16.8. The van der Waals surface area contributed by atoms with Crippen LogP contribution in [0.1, 0.15) is 52.6 Å². The van der Waals surface area contributed by atoms with E-state index >= 15 is 0 Å². The van der Waals surface area contributed by atoms with Gasteiger partial charge in [0.1, 0.15) is 5.60 Å². The second-order valence-corrected chi connectivity index (χ2v) is 7.39. The summed E-state index contributed by atoms with van der Waals surface area (Å²) in [7, 11) is 0. The van der Waals surface area contributed by atoms with Crippen molar-refractivity contribution in [1.29, 1.82) is 0 Å². The van der Waals surface area contributed by atoms with E-state index in [4.69, 9.17) is 4.74 Å². The van der Waals surface area contributed by atoms with Crippen LogP contribution in [0.15, 0.2) is 28.7 Å². The molecule has 5 heteroatoms. The smallest absolute Gasteiger partial charge is 0.407 e. The van der Waals surface area contributed by atoms with E-state index in [1.54, 1.807) is 0 Å². The standard InChI is InChI=1S/C17H27BrN2O2/c1-12(20-16(21)22-17(3,4)5)10-11-19-13(2)14-8-6-7-9-15(14)18/h6-9,12-13,19H,10-11H2,1-5H3,(H,20,21). The van der Waals surface area contributed by atoms with E-state index in [1.165, 1.54) is 5.56 Å². The number of ether oxygens (including phenoxy) is 1. The molecule has 0 saturated heterocycles. The predicted molar refractivity (Wildman–Crippen MR) is 94.0 cm³/mol. The first kappa shape index (κ1) is 19.0. The minimum Gasteiger partial charge on any atom is -0.444 e. The van der Waals surface area contributed by atoms with Crippen LogP contribution in [-0.4, -0.2) is 24.3 Å². The van der Waals surface area contributed by atoms with Crippen LogP contribution in [0.2, 0.25) is 0 Å². The van der Waals surface area contributed by atoms with E-state index in [0.717, 1.165) is 17.4 Å². The molecule has 2 N–H and O–H groups in total. The first-order valence-electron chi connectivity index (χ1n) is 7.66. The van der Waals surface area contributed by atoms with Gasteiger partial charge in [-0.3, -0.25) is 0 Å². The molecule has 22 heavy (non-hydrogen) atoms. The van der Waals surface area contributed by atoms with E-state index in [1.807, 2.05) is 45.9 Å². The Hall–Kier alpha value is -1.07. The van der Waals surface area contributed by atoms with Crippen LogP contribution in [0.25, 0.3) is 0 Å². The maximum Gasteiger partial charge on any atom is 0.407 e. The van der Waals surface area contributed by atoms with Gasteiger partial charge in [0.25, 0.3) is 0 Å². The molecule has 2 unspecified atom stereocenters. The van der Waals surface area contributed by atoms with Gasteiger partial charge in [0.2, 0.25) is 0 Å². The Labute approximate surface area is 142 Å². The largest absolute Gasteiger partial charge is 0.444 e. The van der Waals surface area contributed by atoms with Crippen molar-refractivity contribution in [3.8, 4) is 0 Å². The van der Waals surface area contributed by atoms with Crippen LogP contribution in [0.4, 0.5) is 4.79 Å². The second kappa shape index (κ2) is 8.53. The van der Waals surface area contributed by atoms with Crippen molar-refractivity contribution in [3.05, 3.63) is 34.3 Å². The maximum atomic E-state index is 11.7. The van der Waals surface area contributed by atoms with Gasteiger partial charge in [0.15, 0.2) is 0 Å². The number of amides is 1. The Bertz CT molecular complexity index is 486. The fourth-order valence-corrected chi connectivity index (χ4v) is 2.66. The highest BCUT2D eigenvalue weighted by Crippen LogP contribution is 2.22. The molecule has 0 heterocycles. The number of carbonyl (C=O) groups excluding carboxylic acids is 1. The van der Waals surface area contributed by atoms with Crippen molar-refractivity contribution in [1.82, 2.24) is 10.6 Å². The van der Waals surface area contributed by atoms with Gasteiger partial charge in [-0.1, -0.05) is 34.1 Å². The highest BCUT2D eigenvalue weighted by Gasteiger charge is 2.17. The summed E-state index contributed by atoms with van der Waals surface area (Å²) < 4.78 is 6.35. The fraction of sp³-hybridized carbons (Fsp3) is 0.588. The first-order valence-corrected chi connectivity index (χ1v) is 8.45. The van der Waals surface area contributed by atoms with Crippen LogP contribution in [-0.2, 0) is 4.74 Å². The second-order valence-electron chi connectivity index (χ2n) is 6.53. The molecule has 2 atom stereocenters. The minimum atomic E-state index is -0.462. The Morgan fingerprint density at radius 1 is 1.27 bits per heavy atom. The lowest BCUT2D eigenvalue weighted by atomic mass is 10.1. The third kappa shape index (κ3) is 7.27. The molecule has 4 nitrogen and oxygen atoms in total. The molecule has 124 valence electrons. The molecule has 0 saturated carbocycles. The number of hydrogen-bond acceptors (Lipinski definition) is 3. The Kier molecular flexibility index (Phi) is 7.36. The summed E-state index contributed by atoms with van der Waals surface area (Å²) >= 11 is 3.56. The molecule has 1 rings (SSSR count). The third-order valence-corrected chi connectivity index (χ3v) is 3.88. The zero-order valence-corrected chi connectivity index (χ0v) is 15.7. The minimum absolute atomic E-state index is 0.0637. The summed E-state index contributed by atoms with van der Waals surface area (Å²) in [6, 6.07) is 8.50. The quantitative estimate of drug-likeness (QED) is 0.779. The van der Waals surface area contributed by atoms with Gasteiger partial charge < -0.3 is 15.4 Å². The fourth-order valence-electron chi connectivity index (χ4n) is 2.03. The average Bonchev–Trinajstić information content (AvgIpc) is 2.36. The lowest BCUT2D eigenvalue weighted by Gasteiger charge is -2.22. The van der Waals surface area contributed by atoms with Gasteiger partial charge >= 0.3 is 6.09 Å². The molecule has 1 amide bonds.